The van der Waals surface area contributed by atoms with E-state index in [1.165, 1.54) is 5.56 Å². The number of rotatable bonds is 5. The van der Waals surface area contributed by atoms with Gasteiger partial charge in [-0.3, -0.25) is 4.79 Å². The van der Waals surface area contributed by atoms with Crippen molar-refractivity contribution in [3.63, 3.8) is 0 Å². The van der Waals surface area contributed by atoms with E-state index in [0.717, 1.165) is 22.9 Å². The van der Waals surface area contributed by atoms with Crippen LogP contribution in [0.3, 0.4) is 0 Å². The summed E-state index contributed by atoms with van der Waals surface area (Å²) in [5, 5.41) is 8.76. The number of aromatic amines is 1. The largest absolute Gasteiger partial charge is 0.322 e. The number of H-pyrrole nitrogens is 1. The number of thiophene rings is 1. The van der Waals surface area contributed by atoms with Crippen LogP contribution in [0.15, 0.2) is 52.0 Å². The summed E-state index contributed by atoms with van der Waals surface area (Å²) in [6.07, 6.45) is 0.981. The van der Waals surface area contributed by atoms with Crippen molar-refractivity contribution < 1.29 is 0 Å². The minimum absolute atomic E-state index is 0.0102. The van der Waals surface area contributed by atoms with E-state index in [2.05, 4.69) is 34.1 Å². The van der Waals surface area contributed by atoms with Crippen LogP contribution in [0.4, 0.5) is 0 Å². The zero-order valence-corrected chi connectivity index (χ0v) is 12.7. The molecule has 0 amide bonds. The lowest BCUT2D eigenvalue weighted by molar-refractivity contribution is 0.544. The molecule has 0 aliphatic heterocycles. The maximum absolute atomic E-state index is 12.1. The molecule has 3 nitrogen and oxygen atoms in total. The minimum Gasteiger partial charge on any atom is -0.322 e. The zero-order chi connectivity index (χ0) is 14.7. The first kappa shape index (κ1) is 14.0. The number of aromatic nitrogens is 1. The molecule has 21 heavy (non-hydrogen) atoms. The fourth-order valence-electron chi connectivity index (χ4n) is 2.44. The summed E-state index contributed by atoms with van der Waals surface area (Å²) in [5.41, 5.74) is 3.00. The van der Waals surface area contributed by atoms with Crippen molar-refractivity contribution in [3.05, 3.63) is 68.6 Å². The third-order valence-electron chi connectivity index (χ3n) is 3.59. The Morgan fingerprint density at radius 1 is 1.29 bits per heavy atom. The van der Waals surface area contributed by atoms with Crippen LogP contribution >= 0.6 is 11.3 Å². The number of benzene rings is 1. The summed E-state index contributed by atoms with van der Waals surface area (Å²) in [6, 6.07) is 12.3. The fraction of sp³-hybridized carbons (Fsp3) is 0.235. The number of hydrogen-bond acceptors (Lipinski definition) is 3. The molecule has 0 aliphatic rings. The Bertz CT molecular complexity index is 777. The Morgan fingerprint density at radius 2 is 2.14 bits per heavy atom. The van der Waals surface area contributed by atoms with Crippen LogP contribution in [0, 0.1) is 0 Å². The number of hydrogen-bond donors (Lipinski definition) is 2. The number of para-hydroxylation sites is 1. The lowest BCUT2D eigenvalue weighted by Gasteiger charge is -2.13. The molecule has 2 aromatic heterocycles. The molecule has 0 saturated carbocycles. The van der Waals surface area contributed by atoms with Crippen LogP contribution < -0.4 is 10.9 Å². The van der Waals surface area contributed by atoms with Gasteiger partial charge < -0.3 is 10.3 Å². The predicted octanol–water partition coefficient (Wildman–Crippen LogP) is 3.31. The first-order valence-corrected chi connectivity index (χ1v) is 8.02. The second kappa shape index (κ2) is 6.24. The van der Waals surface area contributed by atoms with Gasteiger partial charge in [-0.2, -0.15) is 11.3 Å². The van der Waals surface area contributed by atoms with Crippen LogP contribution in [0.25, 0.3) is 10.9 Å². The molecule has 0 fully saturated rings. The van der Waals surface area contributed by atoms with Gasteiger partial charge in [0.1, 0.15) is 0 Å². The lowest BCUT2D eigenvalue weighted by Crippen LogP contribution is -2.30. The van der Waals surface area contributed by atoms with Crippen LogP contribution in [0.5, 0.6) is 0 Å². The molecular formula is C17H18N2OS. The lowest BCUT2D eigenvalue weighted by atomic mass is 10.1. The van der Waals surface area contributed by atoms with E-state index >= 15 is 0 Å². The van der Waals surface area contributed by atoms with Gasteiger partial charge in [0.05, 0.1) is 0 Å². The van der Waals surface area contributed by atoms with Crippen molar-refractivity contribution in [2.75, 3.05) is 0 Å². The normalized spacial score (nSPS) is 12.6. The Kier molecular flexibility index (Phi) is 4.18. The molecule has 0 saturated heterocycles. The number of fused-ring (bicyclic) bond motifs is 1. The molecule has 0 radical (unpaired) electrons. The van der Waals surface area contributed by atoms with E-state index in [4.69, 9.17) is 0 Å². The summed E-state index contributed by atoms with van der Waals surface area (Å²) in [5.74, 6) is 0. The van der Waals surface area contributed by atoms with E-state index < -0.39 is 0 Å². The van der Waals surface area contributed by atoms with Crippen LogP contribution in [-0.4, -0.2) is 11.0 Å². The summed E-state index contributed by atoms with van der Waals surface area (Å²) >= 11 is 1.72. The highest BCUT2D eigenvalue weighted by Gasteiger charge is 2.06. The van der Waals surface area contributed by atoms with Crippen molar-refractivity contribution in [2.45, 2.75) is 25.9 Å². The molecule has 1 atom stereocenters. The maximum atomic E-state index is 12.1. The van der Waals surface area contributed by atoms with Gasteiger partial charge in [0.15, 0.2) is 0 Å². The van der Waals surface area contributed by atoms with E-state index in [-0.39, 0.29) is 5.56 Å². The summed E-state index contributed by atoms with van der Waals surface area (Å²) < 4.78 is 0. The first-order valence-electron chi connectivity index (χ1n) is 7.08. The predicted molar refractivity (Wildman–Crippen MR) is 88.9 cm³/mol. The van der Waals surface area contributed by atoms with Gasteiger partial charge in [-0.15, -0.1) is 0 Å². The second-order valence-electron chi connectivity index (χ2n) is 5.33. The molecule has 1 aromatic carbocycles. The highest BCUT2D eigenvalue weighted by Crippen LogP contribution is 2.11. The highest BCUT2D eigenvalue weighted by molar-refractivity contribution is 7.07. The van der Waals surface area contributed by atoms with Gasteiger partial charge in [-0.25, -0.2) is 0 Å². The van der Waals surface area contributed by atoms with Gasteiger partial charge in [0.2, 0.25) is 0 Å². The minimum atomic E-state index is -0.0102. The van der Waals surface area contributed by atoms with E-state index in [0.29, 0.717) is 12.6 Å². The monoisotopic (exact) mass is 298 g/mol. The Hall–Kier alpha value is -1.91. The Morgan fingerprint density at radius 3 is 2.95 bits per heavy atom. The SMILES string of the molecule is CC(Cc1ccsc1)NCc1cc2ccccc2[nH]c1=O. The molecule has 1 unspecified atom stereocenters. The third-order valence-corrected chi connectivity index (χ3v) is 4.33. The van der Waals surface area contributed by atoms with Crippen molar-refractivity contribution in [2.24, 2.45) is 0 Å². The smallest absolute Gasteiger partial charge is 0.252 e. The summed E-state index contributed by atoms with van der Waals surface area (Å²) in [6.45, 7) is 2.73. The third kappa shape index (κ3) is 3.40. The topological polar surface area (TPSA) is 44.9 Å². The molecule has 2 N–H and O–H groups in total. The first-order chi connectivity index (χ1) is 10.2. The second-order valence-corrected chi connectivity index (χ2v) is 6.11. The van der Waals surface area contributed by atoms with Crippen molar-refractivity contribution >= 4 is 22.2 Å². The number of pyridine rings is 1. The highest BCUT2D eigenvalue weighted by atomic mass is 32.1. The molecule has 2 heterocycles. The van der Waals surface area contributed by atoms with E-state index in [1.54, 1.807) is 11.3 Å². The van der Waals surface area contributed by atoms with Crippen molar-refractivity contribution in [1.82, 2.24) is 10.3 Å². The quantitative estimate of drug-likeness (QED) is 0.759. The molecule has 4 heteroatoms. The Labute approximate surface area is 127 Å². The fourth-order valence-corrected chi connectivity index (χ4v) is 3.12. The maximum Gasteiger partial charge on any atom is 0.252 e. The van der Waals surface area contributed by atoms with Crippen molar-refractivity contribution in [1.29, 1.82) is 0 Å². The van der Waals surface area contributed by atoms with Gasteiger partial charge in [0.25, 0.3) is 5.56 Å². The average Bonchev–Trinajstić information content (AvgIpc) is 2.98. The van der Waals surface area contributed by atoms with Gasteiger partial charge in [-0.1, -0.05) is 18.2 Å². The Balaban J connectivity index is 1.70. The average molecular weight is 298 g/mol. The molecule has 3 rings (SSSR count). The number of nitrogens with one attached hydrogen (secondary N) is 2. The van der Waals surface area contributed by atoms with E-state index in [9.17, 15) is 4.79 Å². The van der Waals surface area contributed by atoms with Crippen LogP contribution in [-0.2, 0) is 13.0 Å². The van der Waals surface area contributed by atoms with Gasteiger partial charge in [0, 0.05) is 23.7 Å². The molecule has 3 aromatic rings. The van der Waals surface area contributed by atoms with Crippen LogP contribution in [0.2, 0.25) is 0 Å². The molecule has 0 spiro atoms. The molecule has 0 aliphatic carbocycles. The van der Waals surface area contributed by atoms with Gasteiger partial charge >= 0.3 is 0 Å². The molecule has 0 bridgehead atoms. The standard InChI is InChI=1S/C17H18N2OS/c1-12(8-13-6-7-21-11-13)18-10-15-9-14-4-2-3-5-16(14)19-17(15)20/h2-7,9,11-12,18H,8,10H2,1H3,(H,19,20). The molecular weight excluding hydrogens is 280 g/mol. The van der Waals surface area contributed by atoms with E-state index in [1.807, 2.05) is 30.3 Å². The summed E-state index contributed by atoms with van der Waals surface area (Å²) in [7, 11) is 0. The molecule has 108 valence electrons. The summed E-state index contributed by atoms with van der Waals surface area (Å²) in [4.78, 5) is 15.0. The van der Waals surface area contributed by atoms with Crippen LogP contribution in [0.1, 0.15) is 18.1 Å². The zero-order valence-electron chi connectivity index (χ0n) is 11.9. The van der Waals surface area contributed by atoms with Gasteiger partial charge in [-0.05, 0) is 53.3 Å². The van der Waals surface area contributed by atoms with Crippen molar-refractivity contribution in [3.8, 4) is 0 Å².